The van der Waals surface area contributed by atoms with Gasteiger partial charge in [0.2, 0.25) is 0 Å². The quantitative estimate of drug-likeness (QED) is 0.0216. The molecule has 0 radical (unpaired) electrons. The molecule has 0 amide bonds. The summed E-state index contributed by atoms with van der Waals surface area (Å²) in [6.07, 6.45) is 34.5. The molecular formula is C43H71O11P. The lowest BCUT2D eigenvalue weighted by molar-refractivity contribution is -0.161. The number of phosphoric acid groups is 1. The van der Waals surface area contributed by atoms with E-state index in [2.05, 4.69) is 54.8 Å². The van der Waals surface area contributed by atoms with Crippen LogP contribution in [0.15, 0.2) is 60.8 Å². The molecule has 0 aromatic carbocycles. The van der Waals surface area contributed by atoms with E-state index in [1.807, 2.05) is 12.2 Å². The molecule has 1 fully saturated rings. The van der Waals surface area contributed by atoms with Crippen LogP contribution < -0.4 is 0 Å². The summed E-state index contributed by atoms with van der Waals surface area (Å²) >= 11 is 0. The Labute approximate surface area is 330 Å². The van der Waals surface area contributed by atoms with Gasteiger partial charge in [0.1, 0.15) is 12.4 Å². The zero-order chi connectivity index (χ0) is 40.6. The van der Waals surface area contributed by atoms with Gasteiger partial charge in [-0.25, -0.2) is 4.57 Å². The molecule has 0 spiro atoms. The van der Waals surface area contributed by atoms with Crippen LogP contribution in [0.25, 0.3) is 0 Å². The van der Waals surface area contributed by atoms with Crippen LogP contribution in [0.4, 0.5) is 0 Å². The van der Waals surface area contributed by atoms with Crippen LogP contribution in [0.1, 0.15) is 149 Å². The Morgan fingerprint density at radius 2 is 1.35 bits per heavy atom. The lowest BCUT2D eigenvalue weighted by atomic mass is 9.90. The maximum absolute atomic E-state index is 12.5. The molecule has 0 saturated heterocycles. The summed E-state index contributed by atoms with van der Waals surface area (Å²) in [4.78, 5) is 55.5. The second-order valence-corrected chi connectivity index (χ2v) is 15.6. The average molecular weight is 795 g/mol. The van der Waals surface area contributed by atoms with Crippen molar-refractivity contribution in [2.45, 2.75) is 167 Å². The second-order valence-electron chi connectivity index (χ2n) is 14.4. The number of phosphoric ester groups is 1. The highest BCUT2D eigenvalue weighted by Gasteiger charge is 2.39. The van der Waals surface area contributed by atoms with Crippen LogP contribution in [0, 0.1) is 11.8 Å². The van der Waals surface area contributed by atoms with E-state index in [1.165, 1.54) is 19.3 Å². The molecule has 55 heavy (non-hydrogen) atoms. The van der Waals surface area contributed by atoms with E-state index >= 15 is 0 Å². The first-order valence-electron chi connectivity index (χ1n) is 20.7. The van der Waals surface area contributed by atoms with Crippen LogP contribution in [0.3, 0.4) is 0 Å². The summed E-state index contributed by atoms with van der Waals surface area (Å²) in [6.45, 7) is 3.29. The maximum atomic E-state index is 12.5. The van der Waals surface area contributed by atoms with Gasteiger partial charge < -0.3 is 29.5 Å². The molecule has 0 unspecified atom stereocenters. The lowest BCUT2D eigenvalue weighted by Crippen LogP contribution is -2.29. The number of aliphatic hydroxyl groups is 2. The molecular weight excluding hydrogens is 723 g/mol. The van der Waals surface area contributed by atoms with Gasteiger partial charge in [-0.05, 0) is 70.6 Å². The Morgan fingerprint density at radius 1 is 0.764 bits per heavy atom. The van der Waals surface area contributed by atoms with Gasteiger partial charge in [0, 0.05) is 31.1 Å². The number of Topliss-reactive ketones (excluding diaryl/α,β-unsaturated/α-hetero) is 1. The number of carbonyl (C=O) groups is 3. The molecule has 1 aliphatic rings. The molecule has 0 aromatic heterocycles. The van der Waals surface area contributed by atoms with Crippen LogP contribution >= 0.6 is 7.82 Å². The molecule has 5 atom stereocenters. The third-order valence-corrected chi connectivity index (χ3v) is 9.87. The normalized spacial score (nSPS) is 19.2. The molecule has 314 valence electrons. The highest BCUT2D eigenvalue weighted by Crippen LogP contribution is 2.36. The molecule has 0 bridgehead atoms. The molecule has 1 aliphatic carbocycles. The first-order valence-corrected chi connectivity index (χ1v) is 22.2. The van der Waals surface area contributed by atoms with Crippen molar-refractivity contribution in [1.82, 2.24) is 0 Å². The average Bonchev–Trinajstić information content (AvgIpc) is 3.41. The highest BCUT2D eigenvalue weighted by molar-refractivity contribution is 7.46. The second kappa shape index (κ2) is 32.4. The number of aliphatic hydroxyl groups excluding tert-OH is 2. The minimum Gasteiger partial charge on any atom is -0.462 e. The van der Waals surface area contributed by atoms with Crippen molar-refractivity contribution in [2.24, 2.45) is 11.8 Å². The van der Waals surface area contributed by atoms with Gasteiger partial charge in [-0.2, -0.15) is 0 Å². The Morgan fingerprint density at radius 3 is 2.02 bits per heavy atom. The smallest absolute Gasteiger partial charge is 0.462 e. The number of unbranched alkanes of at least 4 members (excludes halogenated alkanes) is 10. The van der Waals surface area contributed by atoms with E-state index in [0.717, 1.165) is 64.2 Å². The predicted molar refractivity (Wildman–Crippen MR) is 217 cm³/mol. The number of esters is 2. The van der Waals surface area contributed by atoms with E-state index in [1.54, 1.807) is 12.2 Å². The van der Waals surface area contributed by atoms with Gasteiger partial charge in [-0.1, -0.05) is 120 Å². The zero-order valence-corrected chi connectivity index (χ0v) is 34.4. The van der Waals surface area contributed by atoms with Gasteiger partial charge >= 0.3 is 19.8 Å². The van der Waals surface area contributed by atoms with E-state index < -0.39 is 57.2 Å². The Kier molecular flexibility index (Phi) is 29.7. The predicted octanol–water partition coefficient (Wildman–Crippen LogP) is 9.10. The largest absolute Gasteiger partial charge is 0.469 e. The Hall–Kier alpha value is -2.66. The Bertz CT molecular complexity index is 1230. The van der Waals surface area contributed by atoms with Crippen LogP contribution in [-0.2, 0) is 32.9 Å². The van der Waals surface area contributed by atoms with E-state index in [-0.39, 0.29) is 31.0 Å². The number of ether oxygens (including phenoxy) is 2. The monoisotopic (exact) mass is 794 g/mol. The van der Waals surface area contributed by atoms with Crippen molar-refractivity contribution in [1.29, 1.82) is 0 Å². The van der Waals surface area contributed by atoms with Gasteiger partial charge in [-0.3, -0.25) is 18.9 Å². The summed E-state index contributed by atoms with van der Waals surface area (Å²) in [5.74, 6) is -1.87. The minimum absolute atomic E-state index is 0.0360. The third kappa shape index (κ3) is 28.4. The molecule has 0 aromatic rings. The van der Waals surface area contributed by atoms with Gasteiger partial charge in [0.05, 0.1) is 18.8 Å². The highest BCUT2D eigenvalue weighted by atomic mass is 31.2. The number of carbonyl (C=O) groups excluding carboxylic acids is 3. The van der Waals surface area contributed by atoms with Crippen molar-refractivity contribution in [2.75, 3.05) is 13.2 Å². The maximum Gasteiger partial charge on any atom is 0.469 e. The number of hydrogen-bond donors (Lipinski definition) is 4. The summed E-state index contributed by atoms with van der Waals surface area (Å²) in [5, 5.41) is 20.6. The van der Waals surface area contributed by atoms with Crippen LogP contribution in [0.2, 0.25) is 0 Å². The number of allylic oxidation sites excluding steroid dienone is 9. The molecule has 12 heteroatoms. The summed E-state index contributed by atoms with van der Waals surface area (Å²) in [6, 6.07) is 0. The number of rotatable bonds is 33. The zero-order valence-electron chi connectivity index (χ0n) is 33.5. The molecule has 0 aliphatic heterocycles. The topological polar surface area (TPSA) is 177 Å². The Balaban J connectivity index is 2.32. The van der Waals surface area contributed by atoms with Gasteiger partial charge in [0.25, 0.3) is 0 Å². The summed E-state index contributed by atoms with van der Waals surface area (Å²) in [5.41, 5.74) is 0. The fraction of sp³-hybridized carbons (Fsp3) is 0.698. The minimum atomic E-state index is -4.83. The molecule has 1 saturated carbocycles. The summed E-state index contributed by atoms with van der Waals surface area (Å²) < 4.78 is 26.3. The summed E-state index contributed by atoms with van der Waals surface area (Å²) in [7, 11) is -4.83. The van der Waals surface area contributed by atoms with Gasteiger partial charge in [-0.15, -0.1) is 0 Å². The standard InChI is InChI=1S/C43H71O11P/c1-3-5-7-8-9-10-11-12-13-14-15-16-17-18-19-20-26-30-43(48)54-37(35-53-55(49,50)51)34-52-42(47)29-25-22-21-24-28-38-39(41(46)33-40(38)45)32-31-36(44)27-23-6-4-2/h9-10,12-13,15-16,21,24,31-32,36-40,44-45H,3-8,11,14,17-20,22-23,25-30,33-35H2,1-2H3,(H2,49,50,51)/b10-9-,13-12-,16-15-,24-21-,32-31+/t36-,37+,38+,39+,40-/m0/s1. The molecule has 11 nitrogen and oxygen atoms in total. The number of hydrogen-bond acceptors (Lipinski definition) is 9. The van der Waals surface area contributed by atoms with Crippen molar-refractivity contribution < 1.29 is 52.9 Å². The van der Waals surface area contributed by atoms with Crippen LogP contribution in [0.5, 0.6) is 0 Å². The van der Waals surface area contributed by atoms with Crippen molar-refractivity contribution in [3.63, 3.8) is 0 Å². The molecule has 1 rings (SSSR count). The van der Waals surface area contributed by atoms with Crippen molar-refractivity contribution in [3.05, 3.63) is 60.8 Å². The van der Waals surface area contributed by atoms with Crippen molar-refractivity contribution in [3.8, 4) is 0 Å². The third-order valence-electron chi connectivity index (χ3n) is 9.39. The molecule has 0 heterocycles. The first kappa shape index (κ1) is 50.4. The van der Waals surface area contributed by atoms with Crippen molar-refractivity contribution >= 4 is 25.5 Å². The fourth-order valence-electron chi connectivity index (χ4n) is 6.18. The first-order chi connectivity index (χ1) is 26.5. The SMILES string of the molecule is CCCCC/C=C\C/C=C\C/C=C\CCCCCCC(=O)O[C@H](COC(=O)CCC/C=C\C[C@H]1[C@@H](O)CC(=O)[C@@H]1/C=C/[C@@H](O)CCCCC)COP(=O)(O)O. The van der Waals surface area contributed by atoms with E-state index in [4.69, 9.17) is 19.3 Å². The van der Waals surface area contributed by atoms with Crippen LogP contribution in [-0.4, -0.2) is 69.2 Å². The number of ketones is 1. The van der Waals surface area contributed by atoms with Gasteiger partial charge in [0.15, 0.2) is 6.10 Å². The fourth-order valence-corrected chi connectivity index (χ4v) is 6.54. The lowest BCUT2D eigenvalue weighted by Gasteiger charge is -2.18. The molecule has 4 N–H and O–H groups in total. The van der Waals surface area contributed by atoms with E-state index in [0.29, 0.717) is 32.1 Å². The van der Waals surface area contributed by atoms with E-state index in [9.17, 15) is 29.2 Å².